The van der Waals surface area contributed by atoms with Gasteiger partial charge in [-0.2, -0.15) is 0 Å². The highest BCUT2D eigenvalue weighted by atomic mass is 32.2. The molecule has 3 rings (SSSR count). The minimum absolute atomic E-state index is 0.128. The van der Waals surface area contributed by atoms with Crippen molar-refractivity contribution in [2.24, 2.45) is 0 Å². The maximum absolute atomic E-state index is 12.7. The van der Waals surface area contributed by atoms with Crippen LogP contribution in [0.5, 0.6) is 5.75 Å². The summed E-state index contributed by atoms with van der Waals surface area (Å²) in [6.07, 6.45) is 5.27. The molecule has 0 saturated carbocycles. The van der Waals surface area contributed by atoms with E-state index < -0.39 is 5.91 Å². The van der Waals surface area contributed by atoms with Gasteiger partial charge in [0.2, 0.25) is 5.91 Å². The number of hydrogen-bond donors (Lipinski definition) is 2. The summed E-state index contributed by atoms with van der Waals surface area (Å²) in [6, 6.07) is 10.5. The molecule has 0 radical (unpaired) electrons. The van der Waals surface area contributed by atoms with Crippen LogP contribution < -0.4 is 15.6 Å². The molecule has 10 heteroatoms. The number of rotatable bonds is 7. The third-order valence-corrected chi connectivity index (χ3v) is 5.69. The van der Waals surface area contributed by atoms with E-state index in [0.29, 0.717) is 33.5 Å². The molecule has 8 nitrogen and oxygen atoms in total. The Morgan fingerprint density at radius 1 is 1.23 bits per heavy atom. The van der Waals surface area contributed by atoms with Crippen molar-refractivity contribution in [2.45, 2.75) is 12.8 Å². The molecule has 3 amide bonds. The highest BCUT2D eigenvalue weighted by Gasteiger charge is 2.31. The van der Waals surface area contributed by atoms with Crippen molar-refractivity contribution in [2.75, 3.05) is 13.7 Å². The number of nitrogens with one attached hydrogen (secondary N) is 2. The number of thioether (sulfide) groups is 1. The van der Waals surface area contributed by atoms with E-state index in [2.05, 4.69) is 15.8 Å². The van der Waals surface area contributed by atoms with Gasteiger partial charge in [-0.25, -0.2) is 0 Å². The summed E-state index contributed by atoms with van der Waals surface area (Å²) in [5.74, 6) is -0.286. The Labute approximate surface area is 189 Å². The van der Waals surface area contributed by atoms with Crippen LogP contribution in [-0.2, 0) is 9.59 Å². The highest BCUT2D eigenvalue weighted by molar-refractivity contribution is 8.26. The van der Waals surface area contributed by atoms with Gasteiger partial charge < -0.3 is 4.74 Å². The van der Waals surface area contributed by atoms with Crippen molar-refractivity contribution in [3.8, 4) is 5.75 Å². The third kappa shape index (κ3) is 6.12. The third-order valence-electron chi connectivity index (χ3n) is 4.31. The molecule has 2 heterocycles. The van der Waals surface area contributed by atoms with E-state index in [1.807, 2.05) is 24.3 Å². The zero-order valence-electron chi connectivity index (χ0n) is 16.7. The van der Waals surface area contributed by atoms with Crippen molar-refractivity contribution >= 4 is 52.1 Å². The summed E-state index contributed by atoms with van der Waals surface area (Å²) < 4.78 is 5.65. The fourth-order valence-electron chi connectivity index (χ4n) is 2.74. The summed E-state index contributed by atoms with van der Waals surface area (Å²) in [7, 11) is 1.58. The minimum atomic E-state index is -0.435. The molecule has 31 heavy (non-hydrogen) atoms. The van der Waals surface area contributed by atoms with Crippen molar-refractivity contribution in [3.05, 3.63) is 64.8 Å². The Morgan fingerprint density at radius 3 is 2.74 bits per heavy atom. The van der Waals surface area contributed by atoms with Gasteiger partial charge in [0.1, 0.15) is 10.1 Å². The number of hydrogen-bond acceptors (Lipinski definition) is 7. The van der Waals surface area contributed by atoms with Crippen LogP contribution in [-0.4, -0.2) is 45.6 Å². The second-order valence-electron chi connectivity index (χ2n) is 6.45. The van der Waals surface area contributed by atoms with Gasteiger partial charge >= 0.3 is 0 Å². The molecule has 0 aliphatic carbocycles. The van der Waals surface area contributed by atoms with Crippen molar-refractivity contribution in [3.63, 3.8) is 0 Å². The van der Waals surface area contributed by atoms with E-state index in [-0.39, 0.29) is 18.2 Å². The number of nitrogens with zero attached hydrogens (tertiary/aromatic N) is 2. The molecule has 1 saturated heterocycles. The Bertz CT molecular complexity index is 1030. The molecule has 2 aromatic rings. The summed E-state index contributed by atoms with van der Waals surface area (Å²) >= 11 is 6.54. The quantitative estimate of drug-likeness (QED) is 0.375. The zero-order valence-corrected chi connectivity index (χ0v) is 18.3. The van der Waals surface area contributed by atoms with E-state index in [1.54, 1.807) is 13.2 Å². The number of ether oxygens (including phenoxy) is 1. The molecular weight excluding hydrogens is 436 g/mol. The van der Waals surface area contributed by atoms with Gasteiger partial charge in [-0.05, 0) is 42.3 Å². The van der Waals surface area contributed by atoms with Crippen LogP contribution in [0.15, 0.2) is 53.7 Å². The first kappa shape index (κ1) is 22.4. The van der Waals surface area contributed by atoms with Gasteiger partial charge in [-0.3, -0.25) is 35.1 Å². The number of carbonyl (C=O) groups is 3. The lowest BCUT2D eigenvalue weighted by Crippen LogP contribution is -2.41. The molecule has 1 aliphatic heterocycles. The number of amides is 3. The normalized spacial score (nSPS) is 14.6. The molecule has 0 atom stereocenters. The van der Waals surface area contributed by atoms with Crippen molar-refractivity contribution < 1.29 is 19.1 Å². The Balaban J connectivity index is 1.47. The maximum Gasteiger partial charge on any atom is 0.269 e. The molecule has 0 bridgehead atoms. The van der Waals surface area contributed by atoms with Crippen molar-refractivity contribution in [1.82, 2.24) is 20.7 Å². The summed E-state index contributed by atoms with van der Waals surface area (Å²) in [4.78, 5) is 42.4. The van der Waals surface area contributed by atoms with Gasteiger partial charge in [0.15, 0.2) is 0 Å². The van der Waals surface area contributed by atoms with Crippen LogP contribution in [0.25, 0.3) is 6.08 Å². The average Bonchev–Trinajstić information content (AvgIpc) is 3.05. The van der Waals surface area contributed by atoms with Gasteiger partial charge in [-0.1, -0.05) is 36.1 Å². The van der Waals surface area contributed by atoms with E-state index >= 15 is 0 Å². The fraction of sp³-hybridized carbons (Fsp3) is 0.190. The molecule has 0 unspecified atom stereocenters. The number of aromatic nitrogens is 1. The maximum atomic E-state index is 12.7. The van der Waals surface area contributed by atoms with Crippen molar-refractivity contribution in [1.29, 1.82) is 0 Å². The lowest BCUT2D eigenvalue weighted by Gasteiger charge is -2.14. The molecule has 160 valence electrons. The van der Waals surface area contributed by atoms with Gasteiger partial charge in [0.25, 0.3) is 11.8 Å². The molecule has 0 spiro atoms. The minimum Gasteiger partial charge on any atom is -0.497 e. The lowest BCUT2D eigenvalue weighted by atomic mass is 10.2. The monoisotopic (exact) mass is 456 g/mol. The fourth-order valence-corrected chi connectivity index (χ4v) is 4.05. The summed E-state index contributed by atoms with van der Waals surface area (Å²) in [5.41, 5.74) is 5.92. The molecule has 2 N–H and O–H groups in total. The Hall–Kier alpha value is -3.24. The van der Waals surface area contributed by atoms with Crippen LogP contribution in [0, 0.1) is 0 Å². The first-order chi connectivity index (χ1) is 15.0. The number of thiocarbonyl (C=S) groups is 1. The summed E-state index contributed by atoms with van der Waals surface area (Å²) in [6.45, 7) is 0.311. The zero-order chi connectivity index (χ0) is 22.2. The smallest absolute Gasteiger partial charge is 0.269 e. The van der Waals surface area contributed by atoms with Gasteiger partial charge in [-0.15, -0.1) is 0 Å². The van der Waals surface area contributed by atoms with E-state index in [4.69, 9.17) is 17.0 Å². The SMILES string of the molecule is COc1cccc(/C=C2/SC(=S)N(CCCC(=O)NNC(=O)c3ccncc3)C2=O)c1. The molecule has 1 fully saturated rings. The van der Waals surface area contributed by atoms with Gasteiger partial charge in [0.05, 0.1) is 12.0 Å². The standard InChI is InChI=1S/C21H20N4O4S2/c1-29-16-5-2-4-14(12-16)13-17-20(28)25(21(30)31-17)11-3-6-18(26)23-24-19(27)15-7-9-22-10-8-15/h2,4-5,7-10,12-13H,3,6,11H2,1H3,(H,23,26)(H,24,27)/b17-13+. The second-order valence-corrected chi connectivity index (χ2v) is 8.13. The number of benzene rings is 1. The molecule has 1 aromatic carbocycles. The van der Waals surface area contributed by atoms with Crippen LogP contribution in [0.3, 0.4) is 0 Å². The van der Waals surface area contributed by atoms with Crippen LogP contribution in [0.2, 0.25) is 0 Å². The molecule has 1 aromatic heterocycles. The van der Waals surface area contributed by atoms with Crippen LogP contribution in [0.4, 0.5) is 0 Å². The number of carbonyl (C=O) groups excluding carboxylic acids is 3. The molecule has 1 aliphatic rings. The number of hydrazine groups is 1. The second kappa shape index (κ2) is 10.7. The van der Waals surface area contributed by atoms with Crippen LogP contribution in [0.1, 0.15) is 28.8 Å². The molecular formula is C21H20N4O4S2. The first-order valence-corrected chi connectivity index (χ1v) is 10.6. The first-order valence-electron chi connectivity index (χ1n) is 9.36. The van der Waals surface area contributed by atoms with Gasteiger partial charge in [0, 0.05) is 30.9 Å². The lowest BCUT2D eigenvalue weighted by molar-refractivity contribution is -0.124. The van der Waals surface area contributed by atoms with E-state index in [1.165, 1.54) is 41.2 Å². The van der Waals surface area contributed by atoms with E-state index in [0.717, 1.165) is 5.56 Å². The number of methoxy groups -OCH3 is 1. The predicted octanol–water partition coefficient (Wildman–Crippen LogP) is 2.53. The largest absolute Gasteiger partial charge is 0.497 e. The average molecular weight is 457 g/mol. The highest BCUT2D eigenvalue weighted by Crippen LogP contribution is 2.33. The Kier molecular flexibility index (Phi) is 7.74. The Morgan fingerprint density at radius 2 is 2.00 bits per heavy atom. The topological polar surface area (TPSA) is 101 Å². The van der Waals surface area contributed by atoms with E-state index in [9.17, 15) is 14.4 Å². The van der Waals surface area contributed by atoms with Crippen LogP contribution >= 0.6 is 24.0 Å². The predicted molar refractivity (Wildman–Crippen MR) is 122 cm³/mol. The number of pyridine rings is 1. The summed E-state index contributed by atoms with van der Waals surface area (Å²) in [5, 5.41) is 0.